The number of rotatable bonds is 6. The number of pyridine rings is 1. The number of halogens is 2. The highest BCUT2D eigenvalue weighted by Gasteiger charge is 2.55. The molecule has 11 heteroatoms. The van der Waals surface area contributed by atoms with Crippen molar-refractivity contribution in [1.82, 2.24) is 24.7 Å². The second-order valence-electron chi connectivity index (χ2n) is 12.9. The van der Waals surface area contributed by atoms with E-state index in [1.165, 1.54) is 17.0 Å². The largest absolute Gasteiger partial charge is 0.465 e. The number of hydrogen-bond acceptors (Lipinski definition) is 5. The minimum Gasteiger partial charge on any atom is -0.465 e. The van der Waals surface area contributed by atoms with Gasteiger partial charge in [-0.1, -0.05) is 24.3 Å². The number of aromatic nitrogens is 2. The van der Waals surface area contributed by atoms with Crippen molar-refractivity contribution < 1.29 is 23.5 Å². The molecule has 2 amide bonds. The maximum atomic E-state index is 17.2. The van der Waals surface area contributed by atoms with Gasteiger partial charge in [0.05, 0.1) is 36.8 Å². The van der Waals surface area contributed by atoms with Crippen LogP contribution in [0.3, 0.4) is 0 Å². The van der Waals surface area contributed by atoms with Gasteiger partial charge in [-0.05, 0) is 65.9 Å². The third-order valence-electron chi connectivity index (χ3n) is 10.3. The van der Waals surface area contributed by atoms with E-state index in [0.717, 1.165) is 28.4 Å². The molecule has 5 heterocycles. The van der Waals surface area contributed by atoms with Crippen molar-refractivity contribution in [3.8, 4) is 17.2 Å². The Labute approximate surface area is 269 Å². The zero-order valence-electron chi connectivity index (χ0n) is 25.8. The van der Waals surface area contributed by atoms with Crippen LogP contribution >= 0.6 is 0 Å². The molecular formula is C36H32F2N6O3. The Balaban J connectivity index is 1.41. The van der Waals surface area contributed by atoms with E-state index < -0.39 is 17.7 Å². The molecule has 0 unspecified atom stereocenters. The summed E-state index contributed by atoms with van der Waals surface area (Å²) >= 11 is 0. The van der Waals surface area contributed by atoms with Gasteiger partial charge in [-0.25, -0.2) is 18.6 Å². The van der Waals surface area contributed by atoms with E-state index in [1.807, 2.05) is 31.2 Å². The average Bonchev–Trinajstić information content (AvgIpc) is 3.76. The summed E-state index contributed by atoms with van der Waals surface area (Å²) in [5.74, 6) is -0.912. The number of amides is 2. The zero-order chi connectivity index (χ0) is 32.6. The standard InChI is InChI=1S/C36H32F2N6O3/c1-19-26-15-24(18-42-11-10-40-16-30(42)45)44(34-22-13-29(34)43(17-22)36(46)47)35(26)28-12-21(5-3-9-39)31(32(38)33(28)41-19)25-6-2-4-20-7-8-23(37)14-27(20)25/h2,4,6-8,12,14-15,22,29,34,40H,3,5,10-11,13,16-18H2,1H3,(H,46,47)/t22-,29-,34+/m1/s1. The maximum absolute atomic E-state index is 17.2. The molecule has 238 valence electrons. The van der Waals surface area contributed by atoms with Gasteiger partial charge in [0.2, 0.25) is 5.91 Å². The summed E-state index contributed by atoms with van der Waals surface area (Å²) in [4.78, 5) is 33.1. The Morgan fingerprint density at radius 3 is 2.77 bits per heavy atom. The molecule has 9 nitrogen and oxygen atoms in total. The van der Waals surface area contributed by atoms with E-state index in [1.54, 1.807) is 17.0 Å². The predicted octanol–water partition coefficient (Wildman–Crippen LogP) is 5.91. The van der Waals surface area contributed by atoms with Gasteiger partial charge >= 0.3 is 6.09 Å². The van der Waals surface area contributed by atoms with Crippen LogP contribution in [0, 0.1) is 35.8 Å². The number of benzene rings is 3. The molecule has 2 bridgehead atoms. The van der Waals surface area contributed by atoms with E-state index in [2.05, 4.69) is 16.0 Å². The molecule has 3 saturated heterocycles. The minimum atomic E-state index is -0.959. The zero-order valence-corrected chi connectivity index (χ0v) is 25.8. The number of carbonyl (C=O) groups excluding carboxylic acids is 1. The van der Waals surface area contributed by atoms with E-state index in [-0.39, 0.29) is 48.8 Å². The first-order valence-electron chi connectivity index (χ1n) is 15.9. The molecule has 0 spiro atoms. The predicted molar refractivity (Wildman–Crippen MR) is 173 cm³/mol. The summed E-state index contributed by atoms with van der Waals surface area (Å²) in [6, 6.07) is 15.6. The number of piperazine rings is 1. The third kappa shape index (κ3) is 4.53. The Morgan fingerprint density at radius 1 is 1.15 bits per heavy atom. The smallest absolute Gasteiger partial charge is 0.407 e. The van der Waals surface area contributed by atoms with Crippen molar-refractivity contribution in [3.63, 3.8) is 0 Å². The number of aryl methyl sites for hydroxylation is 2. The molecule has 3 aliphatic heterocycles. The van der Waals surface area contributed by atoms with Crippen LogP contribution in [-0.2, 0) is 17.8 Å². The summed E-state index contributed by atoms with van der Waals surface area (Å²) in [5.41, 5.74) is 3.80. The monoisotopic (exact) mass is 634 g/mol. The molecule has 0 radical (unpaired) electrons. The molecule has 47 heavy (non-hydrogen) atoms. The van der Waals surface area contributed by atoms with E-state index in [4.69, 9.17) is 4.98 Å². The highest BCUT2D eigenvalue weighted by Crippen LogP contribution is 2.52. The topological polar surface area (TPSA) is 114 Å². The first-order chi connectivity index (χ1) is 22.7. The molecule has 2 N–H and O–H groups in total. The summed E-state index contributed by atoms with van der Waals surface area (Å²) in [6.07, 6.45) is 0.203. The summed E-state index contributed by atoms with van der Waals surface area (Å²) < 4.78 is 33.8. The summed E-state index contributed by atoms with van der Waals surface area (Å²) in [6.45, 7) is 4.05. The molecule has 9 rings (SSSR count). The Hall–Kier alpha value is -5.08. The summed E-state index contributed by atoms with van der Waals surface area (Å²) in [5, 5.41) is 25.3. The number of carbonyl (C=O) groups is 2. The van der Waals surface area contributed by atoms with Gasteiger partial charge in [-0.15, -0.1) is 0 Å². The van der Waals surface area contributed by atoms with Gasteiger partial charge in [0.25, 0.3) is 0 Å². The fourth-order valence-corrected chi connectivity index (χ4v) is 8.14. The molecule has 5 aromatic rings. The Bertz CT molecular complexity index is 2190. The minimum absolute atomic E-state index is 0.0162. The second-order valence-corrected chi connectivity index (χ2v) is 12.9. The molecule has 4 fully saturated rings. The number of hydrogen-bond donors (Lipinski definition) is 2. The highest BCUT2D eigenvalue weighted by molar-refractivity contribution is 6.09. The lowest BCUT2D eigenvalue weighted by Gasteiger charge is -2.39. The fraction of sp³-hybridized carbons (Fsp3) is 0.333. The lowest BCUT2D eigenvalue weighted by Crippen LogP contribution is -2.48. The van der Waals surface area contributed by atoms with E-state index >= 15 is 4.39 Å². The molecule has 1 aliphatic carbocycles. The molecule has 4 aliphatic rings. The van der Waals surface area contributed by atoms with Crippen molar-refractivity contribution in [2.24, 2.45) is 5.92 Å². The van der Waals surface area contributed by atoms with Gasteiger partial charge in [-0.2, -0.15) is 5.26 Å². The number of nitrogens with one attached hydrogen (secondary N) is 1. The van der Waals surface area contributed by atoms with Crippen LogP contribution < -0.4 is 5.32 Å². The van der Waals surface area contributed by atoms with Crippen molar-refractivity contribution >= 4 is 44.6 Å². The first kappa shape index (κ1) is 29.3. The lowest BCUT2D eigenvalue weighted by molar-refractivity contribution is -0.132. The van der Waals surface area contributed by atoms with Crippen LogP contribution in [0.15, 0.2) is 48.5 Å². The average molecular weight is 635 g/mol. The molecule has 2 aromatic heterocycles. The number of nitrogens with zero attached hydrogens (tertiary/aromatic N) is 5. The SMILES string of the molecule is Cc1nc2c(F)c(-c3cccc4ccc(F)cc34)c(CCC#N)cc2c2c1cc(CN1CCNCC1=O)n2[C@H]1[C@@H]2C[C@H]1N(C(=O)O)C2. The highest BCUT2D eigenvalue weighted by atomic mass is 19.1. The van der Waals surface area contributed by atoms with Crippen LogP contribution in [-0.4, -0.2) is 68.7 Å². The van der Waals surface area contributed by atoms with Gasteiger partial charge in [-0.3, -0.25) is 4.79 Å². The van der Waals surface area contributed by atoms with E-state index in [0.29, 0.717) is 59.3 Å². The van der Waals surface area contributed by atoms with Crippen molar-refractivity contribution in [1.29, 1.82) is 5.26 Å². The molecule has 1 saturated carbocycles. The third-order valence-corrected chi connectivity index (χ3v) is 10.3. The molecule has 3 atom stereocenters. The second kappa shape index (κ2) is 11.0. The van der Waals surface area contributed by atoms with Crippen LogP contribution in [0.4, 0.5) is 13.6 Å². The quantitative estimate of drug-likeness (QED) is 0.240. The van der Waals surface area contributed by atoms with Gasteiger partial charge in [0, 0.05) is 59.7 Å². The number of fused-ring (bicyclic) bond motifs is 5. The first-order valence-corrected chi connectivity index (χ1v) is 15.9. The molecule has 3 aromatic carbocycles. The molecular weight excluding hydrogens is 602 g/mol. The van der Waals surface area contributed by atoms with Crippen LogP contribution in [0.2, 0.25) is 0 Å². The van der Waals surface area contributed by atoms with Crippen LogP contribution in [0.25, 0.3) is 43.7 Å². The lowest BCUT2D eigenvalue weighted by atomic mass is 9.79. The number of nitriles is 1. The van der Waals surface area contributed by atoms with Gasteiger partial charge in [0.15, 0.2) is 5.82 Å². The maximum Gasteiger partial charge on any atom is 0.407 e. The van der Waals surface area contributed by atoms with E-state index in [9.17, 15) is 24.3 Å². The van der Waals surface area contributed by atoms with Crippen molar-refractivity contribution in [2.75, 3.05) is 26.2 Å². The van der Waals surface area contributed by atoms with Gasteiger partial charge < -0.3 is 24.8 Å². The van der Waals surface area contributed by atoms with Crippen LogP contribution in [0.5, 0.6) is 0 Å². The van der Waals surface area contributed by atoms with Crippen molar-refractivity contribution in [3.05, 3.63) is 77.1 Å². The fourth-order valence-electron chi connectivity index (χ4n) is 8.14. The van der Waals surface area contributed by atoms with Gasteiger partial charge in [0.1, 0.15) is 11.3 Å². The van der Waals surface area contributed by atoms with Crippen LogP contribution in [0.1, 0.15) is 35.8 Å². The van der Waals surface area contributed by atoms with Crippen molar-refractivity contribution in [2.45, 2.75) is 44.8 Å². The normalized spacial score (nSPS) is 20.7. The number of carboxylic acid groups (broad SMARTS) is 1. The Morgan fingerprint density at radius 2 is 2.00 bits per heavy atom. The Kier molecular flexibility index (Phi) is 6.88. The summed E-state index contributed by atoms with van der Waals surface area (Å²) in [7, 11) is 0.